The van der Waals surface area contributed by atoms with Crippen LogP contribution in [-0.2, 0) is 19.3 Å². The average Bonchev–Trinajstić information content (AvgIpc) is 2.61. The van der Waals surface area contributed by atoms with Gasteiger partial charge in [-0.2, -0.15) is 0 Å². The maximum absolute atomic E-state index is 12.4. The number of ketones is 2. The van der Waals surface area contributed by atoms with E-state index < -0.39 is 33.4 Å². The van der Waals surface area contributed by atoms with Crippen molar-refractivity contribution in [2.75, 3.05) is 18.6 Å². The molecule has 0 amide bonds. The lowest BCUT2D eigenvalue weighted by Crippen LogP contribution is -2.68. The lowest BCUT2D eigenvalue weighted by atomic mass is 9.82. The Bertz CT molecular complexity index is 795. The van der Waals surface area contributed by atoms with Crippen LogP contribution >= 0.6 is 0 Å². The summed E-state index contributed by atoms with van der Waals surface area (Å²) < 4.78 is 16.2. The fourth-order valence-electron chi connectivity index (χ4n) is 2.82. The van der Waals surface area contributed by atoms with Gasteiger partial charge < -0.3 is 15.7 Å². The van der Waals surface area contributed by atoms with Crippen molar-refractivity contribution in [1.29, 1.82) is 0 Å². The van der Waals surface area contributed by atoms with Gasteiger partial charge in [-0.1, -0.05) is 19.9 Å². The highest BCUT2D eigenvalue weighted by Crippen LogP contribution is 2.33. The first-order chi connectivity index (χ1) is 11.8. The number of hydrogen-bond donors (Lipinski definition) is 3. The number of benzene rings is 1. The smallest absolute Gasteiger partial charge is 0.224 e. The van der Waals surface area contributed by atoms with Gasteiger partial charge in [-0.15, -0.1) is 0 Å². The summed E-state index contributed by atoms with van der Waals surface area (Å²) in [5, 5.41) is 16.5. The monoisotopic (exact) mass is 367 g/mol. The third-order valence-electron chi connectivity index (χ3n) is 4.61. The van der Waals surface area contributed by atoms with E-state index in [0.717, 1.165) is 12.8 Å². The molecular formula is C17H25N3O4S. The molecule has 0 bridgehead atoms. The number of para-hydroxylation sites is 1. The van der Waals surface area contributed by atoms with Crippen LogP contribution in [0.4, 0.5) is 5.69 Å². The van der Waals surface area contributed by atoms with Gasteiger partial charge >= 0.3 is 0 Å². The van der Waals surface area contributed by atoms with E-state index in [4.69, 9.17) is 0 Å². The normalized spacial score (nSPS) is 22.4. The molecule has 0 saturated heterocycles. The highest BCUT2D eigenvalue weighted by atomic mass is 32.2. The van der Waals surface area contributed by atoms with Crippen LogP contribution in [0.15, 0.2) is 27.5 Å². The van der Waals surface area contributed by atoms with Crippen molar-refractivity contribution in [1.82, 2.24) is 5.32 Å². The van der Waals surface area contributed by atoms with Crippen molar-refractivity contribution in [3.05, 3.63) is 18.2 Å². The molecule has 8 heteroatoms. The Hall–Kier alpha value is -1.93. The highest BCUT2D eigenvalue weighted by molar-refractivity contribution is 7.93. The molecule has 1 aliphatic carbocycles. The molecule has 1 fully saturated rings. The molecule has 3 atom stereocenters. The Morgan fingerprint density at radius 3 is 2.36 bits per heavy atom. The summed E-state index contributed by atoms with van der Waals surface area (Å²) >= 11 is 0. The van der Waals surface area contributed by atoms with Crippen LogP contribution < -0.4 is 10.6 Å². The summed E-state index contributed by atoms with van der Waals surface area (Å²) in [6.45, 7) is 4.02. The fraction of sp³-hybridized carbons (Fsp3) is 0.529. The molecule has 7 nitrogen and oxygen atoms in total. The summed E-state index contributed by atoms with van der Waals surface area (Å²) in [7, 11) is -1.30. The predicted molar refractivity (Wildman–Crippen MR) is 97.5 cm³/mol. The number of nitrogens with one attached hydrogen (secondary N) is 2. The molecule has 1 aromatic rings. The first-order valence-electron chi connectivity index (χ1n) is 8.29. The standard InChI is InChI=1S/C17H25N3O4S/c1-5-10(6-2)19-13-14(17(23)16(13)22)20-11-8-7-9-12(15(11)21)25(4,24)18-3/h7-10,13-14,19-21H,5-6H2,1-4H3. The van der Waals surface area contributed by atoms with Gasteiger partial charge in [0.15, 0.2) is 5.75 Å². The molecule has 0 radical (unpaired) electrons. The zero-order valence-electron chi connectivity index (χ0n) is 14.9. The van der Waals surface area contributed by atoms with E-state index in [-0.39, 0.29) is 22.4 Å². The molecule has 138 valence electrons. The number of nitrogens with zero attached hydrogens (tertiary/aromatic N) is 1. The Balaban J connectivity index is 2.27. The number of aromatic hydroxyl groups is 1. The van der Waals surface area contributed by atoms with Gasteiger partial charge in [0, 0.05) is 19.3 Å². The number of anilines is 1. The molecule has 1 aliphatic rings. The zero-order valence-corrected chi connectivity index (χ0v) is 15.7. The quantitative estimate of drug-likeness (QED) is 0.499. The molecular weight excluding hydrogens is 342 g/mol. The van der Waals surface area contributed by atoms with Gasteiger partial charge in [-0.05, 0) is 25.0 Å². The molecule has 2 rings (SSSR count). The molecule has 0 aromatic heterocycles. The van der Waals surface area contributed by atoms with Gasteiger partial charge in [0.2, 0.25) is 11.6 Å². The molecule has 0 aliphatic heterocycles. The fourth-order valence-corrected chi connectivity index (χ4v) is 3.82. The van der Waals surface area contributed by atoms with Gasteiger partial charge in [0.05, 0.1) is 20.3 Å². The highest BCUT2D eigenvalue weighted by Gasteiger charge is 2.49. The van der Waals surface area contributed by atoms with Gasteiger partial charge in [0.1, 0.15) is 12.1 Å². The third kappa shape index (κ3) is 3.69. The largest absolute Gasteiger partial charge is 0.505 e. The minimum atomic E-state index is -2.72. The first kappa shape index (κ1) is 19.4. The van der Waals surface area contributed by atoms with E-state index >= 15 is 0 Å². The summed E-state index contributed by atoms with van der Waals surface area (Å²) in [6, 6.07) is 3.50. The number of phenolic OH excluding ortho intramolecular Hbond substituents is 1. The van der Waals surface area contributed by atoms with Crippen LogP contribution in [0.25, 0.3) is 0 Å². The first-order valence-corrected chi connectivity index (χ1v) is 10.2. The van der Waals surface area contributed by atoms with Crippen molar-refractivity contribution >= 4 is 27.0 Å². The number of Topliss-reactive ketones (excluding diaryl/α,β-unsaturated/α-hetero) is 2. The molecule has 3 N–H and O–H groups in total. The Morgan fingerprint density at radius 2 is 1.80 bits per heavy atom. The molecule has 25 heavy (non-hydrogen) atoms. The predicted octanol–water partition coefficient (Wildman–Crippen LogP) is 1.56. The molecule has 0 heterocycles. The molecule has 3 unspecified atom stereocenters. The SMILES string of the molecule is CCC(CC)NC1C(=O)C(=O)C1Nc1cccc(S(C)(=O)=NC)c1O. The summed E-state index contributed by atoms with van der Waals surface area (Å²) in [6.07, 6.45) is 3.12. The molecule has 1 saturated carbocycles. The van der Waals surface area contributed by atoms with Crippen LogP contribution in [0.2, 0.25) is 0 Å². The van der Waals surface area contributed by atoms with Crippen LogP contribution in [0.5, 0.6) is 5.75 Å². The number of carbonyl (C=O) groups is 2. The second kappa shape index (κ2) is 7.53. The number of hydrogen-bond acceptors (Lipinski definition) is 7. The minimum absolute atomic E-state index is 0.138. The lowest BCUT2D eigenvalue weighted by Gasteiger charge is -2.37. The van der Waals surface area contributed by atoms with E-state index in [0.29, 0.717) is 0 Å². The van der Waals surface area contributed by atoms with Crippen LogP contribution in [0, 0.1) is 0 Å². The average molecular weight is 367 g/mol. The topological polar surface area (TPSA) is 108 Å². The number of carbonyl (C=O) groups excluding carboxylic acids is 2. The molecule has 1 aromatic carbocycles. The Kier molecular flexibility index (Phi) is 5.84. The van der Waals surface area contributed by atoms with Crippen molar-refractivity contribution in [3.63, 3.8) is 0 Å². The zero-order chi connectivity index (χ0) is 18.8. The van der Waals surface area contributed by atoms with E-state index in [9.17, 15) is 18.9 Å². The second-order valence-electron chi connectivity index (χ2n) is 6.15. The van der Waals surface area contributed by atoms with Crippen LogP contribution in [0.3, 0.4) is 0 Å². The minimum Gasteiger partial charge on any atom is -0.505 e. The Morgan fingerprint density at radius 1 is 1.20 bits per heavy atom. The van der Waals surface area contributed by atoms with Crippen molar-refractivity contribution in [3.8, 4) is 5.75 Å². The lowest BCUT2D eigenvalue weighted by molar-refractivity contribution is -0.145. The number of phenols is 1. The van der Waals surface area contributed by atoms with Gasteiger partial charge in [-0.3, -0.25) is 9.59 Å². The van der Waals surface area contributed by atoms with E-state index in [1.54, 1.807) is 12.1 Å². The van der Waals surface area contributed by atoms with Crippen LogP contribution in [0.1, 0.15) is 26.7 Å². The third-order valence-corrected chi connectivity index (χ3v) is 6.45. The van der Waals surface area contributed by atoms with E-state index in [2.05, 4.69) is 15.0 Å². The summed E-state index contributed by atoms with van der Waals surface area (Å²) in [4.78, 5) is 24.1. The van der Waals surface area contributed by atoms with E-state index in [1.165, 1.54) is 19.4 Å². The summed E-state index contributed by atoms with van der Waals surface area (Å²) in [5.74, 6) is -1.19. The van der Waals surface area contributed by atoms with Gasteiger partial charge in [0.25, 0.3) is 0 Å². The van der Waals surface area contributed by atoms with Crippen molar-refractivity contribution in [2.24, 2.45) is 4.36 Å². The van der Waals surface area contributed by atoms with Gasteiger partial charge in [-0.25, -0.2) is 8.57 Å². The summed E-state index contributed by atoms with van der Waals surface area (Å²) in [5.41, 5.74) is 0.262. The van der Waals surface area contributed by atoms with Crippen LogP contribution in [-0.4, -0.2) is 52.3 Å². The second-order valence-corrected chi connectivity index (χ2v) is 8.56. The maximum Gasteiger partial charge on any atom is 0.224 e. The van der Waals surface area contributed by atoms with E-state index in [1.807, 2.05) is 13.8 Å². The maximum atomic E-state index is 12.4. The van der Waals surface area contributed by atoms with Crippen molar-refractivity contribution in [2.45, 2.75) is 49.7 Å². The Labute approximate surface area is 148 Å². The van der Waals surface area contributed by atoms with Crippen molar-refractivity contribution < 1.29 is 18.9 Å². The molecule has 0 spiro atoms. The number of rotatable bonds is 7.